The summed E-state index contributed by atoms with van der Waals surface area (Å²) in [6.45, 7) is 10.3. The van der Waals surface area contributed by atoms with Crippen molar-refractivity contribution >= 4 is 28.8 Å². The zero-order chi connectivity index (χ0) is 28.1. The summed E-state index contributed by atoms with van der Waals surface area (Å²) >= 11 is 1.61. The third-order valence-corrected chi connectivity index (χ3v) is 8.81. The first-order chi connectivity index (χ1) is 19.5. The van der Waals surface area contributed by atoms with Gasteiger partial charge >= 0.3 is 0 Å². The Morgan fingerprint density at radius 1 is 1.02 bits per heavy atom. The number of carbonyl (C=O) groups is 2. The van der Waals surface area contributed by atoms with E-state index in [9.17, 15) is 9.59 Å². The summed E-state index contributed by atoms with van der Waals surface area (Å²) in [7, 11) is 1.72. The number of benzene rings is 2. The van der Waals surface area contributed by atoms with E-state index in [0.29, 0.717) is 24.6 Å². The van der Waals surface area contributed by atoms with Crippen molar-refractivity contribution in [1.29, 1.82) is 0 Å². The Hall–Kier alpha value is -3.36. The number of para-hydroxylation sites is 2. The molecule has 212 valence electrons. The number of carbonyl (C=O) groups excluding carboxylic acids is 2. The van der Waals surface area contributed by atoms with Gasteiger partial charge in [0.15, 0.2) is 0 Å². The maximum Gasteiger partial charge on any atom is 0.254 e. The van der Waals surface area contributed by atoms with Crippen molar-refractivity contribution < 1.29 is 14.3 Å². The van der Waals surface area contributed by atoms with Crippen LogP contribution in [0.4, 0.5) is 5.69 Å². The van der Waals surface area contributed by atoms with E-state index in [1.807, 2.05) is 52.7 Å². The third-order valence-electron chi connectivity index (χ3n) is 7.87. The van der Waals surface area contributed by atoms with Crippen molar-refractivity contribution in [1.82, 2.24) is 15.1 Å². The van der Waals surface area contributed by atoms with E-state index in [2.05, 4.69) is 47.2 Å². The zero-order valence-corrected chi connectivity index (χ0v) is 24.5. The van der Waals surface area contributed by atoms with E-state index in [0.717, 1.165) is 61.0 Å². The maximum absolute atomic E-state index is 13.8. The number of amides is 2. The van der Waals surface area contributed by atoms with Gasteiger partial charge in [-0.3, -0.25) is 14.5 Å². The first-order valence-electron chi connectivity index (χ1n) is 14.3. The van der Waals surface area contributed by atoms with Crippen molar-refractivity contribution in [3.05, 3.63) is 82.0 Å². The highest BCUT2D eigenvalue weighted by molar-refractivity contribution is 7.10. The Morgan fingerprint density at radius 3 is 2.50 bits per heavy atom. The first-order valence-corrected chi connectivity index (χ1v) is 15.2. The van der Waals surface area contributed by atoms with Crippen LogP contribution in [-0.2, 0) is 4.79 Å². The Labute approximate surface area is 241 Å². The molecule has 1 saturated heterocycles. The molecule has 2 atom stereocenters. The number of nitrogens with one attached hydrogen (secondary N) is 1. The molecule has 0 saturated carbocycles. The lowest BCUT2D eigenvalue weighted by molar-refractivity contribution is -0.124. The van der Waals surface area contributed by atoms with Crippen molar-refractivity contribution in [2.75, 3.05) is 57.8 Å². The minimum absolute atomic E-state index is 0.00639. The number of hydrogen-bond acceptors (Lipinski definition) is 6. The van der Waals surface area contributed by atoms with Crippen LogP contribution >= 0.6 is 11.3 Å². The number of piperazine rings is 1. The van der Waals surface area contributed by atoms with Crippen LogP contribution < -0.4 is 15.0 Å². The Morgan fingerprint density at radius 2 is 1.77 bits per heavy atom. The molecule has 8 heteroatoms. The molecule has 0 aliphatic carbocycles. The maximum atomic E-state index is 13.8. The summed E-state index contributed by atoms with van der Waals surface area (Å²) in [5.74, 6) is 0.782. The second-order valence-corrected chi connectivity index (χ2v) is 12.0. The molecular formula is C32H40N4O3S. The molecule has 40 heavy (non-hydrogen) atoms. The van der Waals surface area contributed by atoms with Crippen LogP contribution in [0.25, 0.3) is 0 Å². The minimum atomic E-state index is -0.435. The standard InChI is InChI=1S/C32H40N4O3S/c1-23(2)22-36-30(28-14-8-21-40-28)29(24-10-4-5-11-25(24)32(36)38)31(37)33-15-9-16-34-17-19-35(20-18-34)26-12-6-7-13-27(26)39-3/h4-8,10-14,21,23,29-30H,9,15-20,22H2,1-3H3,(H,33,37)/t29-,30-/m1/s1. The highest BCUT2D eigenvalue weighted by atomic mass is 32.1. The second-order valence-electron chi connectivity index (χ2n) is 11.0. The molecular weight excluding hydrogens is 520 g/mol. The van der Waals surface area contributed by atoms with E-state index in [-0.39, 0.29) is 17.9 Å². The van der Waals surface area contributed by atoms with Gasteiger partial charge in [-0.05, 0) is 54.1 Å². The highest BCUT2D eigenvalue weighted by Gasteiger charge is 2.44. The van der Waals surface area contributed by atoms with Crippen molar-refractivity contribution in [3.63, 3.8) is 0 Å². The predicted octanol–water partition coefficient (Wildman–Crippen LogP) is 5.02. The molecule has 1 N–H and O–H groups in total. The second kappa shape index (κ2) is 12.9. The van der Waals surface area contributed by atoms with Gasteiger partial charge in [-0.1, -0.05) is 50.2 Å². The summed E-state index contributed by atoms with van der Waals surface area (Å²) in [6, 6.07) is 19.6. The van der Waals surface area contributed by atoms with E-state index in [4.69, 9.17) is 4.74 Å². The molecule has 0 bridgehead atoms. The van der Waals surface area contributed by atoms with Gasteiger partial charge in [0.1, 0.15) is 5.75 Å². The minimum Gasteiger partial charge on any atom is -0.495 e. The fourth-order valence-corrected chi connectivity index (χ4v) is 6.85. The van der Waals surface area contributed by atoms with Crippen molar-refractivity contribution in [2.45, 2.75) is 32.2 Å². The highest BCUT2D eigenvalue weighted by Crippen LogP contribution is 2.44. The fourth-order valence-electron chi connectivity index (χ4n) is 5.97. The van der Waals surface area contributed by atoms with Crippen LogP contribution in [0.3, 0.4) is 0 Å². The van der Waals surface area contributed by atoms with Crippen LogP contribution in [0.1, 0.15) is 53.0 Å². The lowest BCUT2D eigenvalue weighted by atomic mass is 9.81. The van der Waals surface area contributed by atoms with Gasteiger partial charge in [0.25, 0.3) is 5.91 Å². The van der Waals surface area contributed by atoms with E-state index in [1.165, 1.54) is 0 Å². The molecule has 0 radical (unpaired) electrons. The monoisotopic (exact) mass is 560 g/mol. The molecule has 1 fully saturated rings. The molecule has 0 spiro atoms. The zero-order valence-electron chi connectivity index (χ0n) is 23.7. The fraction of sp³-hybridized carbons (Fsp3) is 0.438. The summed E-state index contributed by atoms with van der Waals surface area (Å²) in [5, 5.41) is 5.26. The molecule has 2 aliphatic heterocycles. The van der Waals surface area contributed by atoms with Gasteiger partial charge < -0.3 is 19.9 Å². The number of nitrogens with zero attached hydrogens (tertiary/aromatic N) is 3. The van der Waals surface area contributed by atoms with Crippen LogP contribution in [-0.4, -0.2) is 74.5 Å². The molecule has 3 aromatic rings. The number of thiophene rings is 1. The lowest BCUT2D eigenvalue weighted by Gasteiger charge is -2.42. The van der Waals surface area contributed by atoms with Gasteiger partial charge in [0, 0.05) is 49.7 Å². The molecule has 2 aromatic carbocycles. The molecule has 0 unspecified atom stereocenters. The summed E-state index contributed by atoms with van der Waals surface area (Å²) in [5.41, 5.74) is 2.62. The molecule has 2 amide bonds. The quantitative estimate of drug-likeness (QED) is 0.353. The predicted molar refractivity (Wildman–Crippen MR) is 161 cm³/mol. The van der Waals surface area contributed by atoms with Crippen LogP contribution in [0, 0.1) is 5.92 Å². The molecule has 2 aliphatic rings. The summed E-state index contributed by atoms with van der Waals surface area (Å²) in [4.78, 5) is 35.3. The molecule has 7 nitrogen and oxygen atoms in total. The number of methoxy groups -OCH3 is 1. The lowest BCUT2D eigenvalue weighted by Crippen LogP contribution is -2.49. The van der Waals surface area contributed by atoms with Gasteiger partial charge in [-0.15, -0.1) is 11.3 Å². The largest absolute Gasteiger partial charge is 0.495 e. The average Bonchev–Trinajstić information content (AvgIpc) is 3.51. The van der Waals surface area contributed by atoms with Crippen LogP contribution in [0.15, 0.2) is 66.0 Å². The summed E-state index contributed by atoms with van der Waals surface area (Å²) < 4.78 is 5.55. The van der Waals surface area contributed by atoms with Gasteiger partial charge in [0.05, 0.1) is 24.8 Å². The number of rotatable bonds is 10. The molecule has 3 heterocycles. The van der Waals surface area contributed by atoms with Gasteiger partial charge in [-0.2, -0.15) is 0 Å². The van der Waals surface area contributed by atoms with Gasteiger partial charge in [-0.25, -0.2) is 0 Å². The number of ether oxygens (including phenoxy) is 1. The Bertz CT molecular complexity index is 1290. The summed E-state index contributed by atoms with van der Waals surface area (Å²) in [6.07, 6.45) is 0.882. The number of anilines is 1. The smallest absolute Gasteiger partial charge is 0.254 e. The number of fused-ring (bicyclic) bond motifs is 1. The SMILES string of the molecule is COc1ccccc1N1CCN(CCCNC(=O)[C@@H]2c3ccccc3C(=O)N(CC(C)C)[C@@H]2c2cccs2)CC1. The topological polar surface area (TPSA) is 65.1 Å². The Balaban J connectivity index is 1.21. The van der Waals surface area contributed by atoms with Crippen LogP contribution in [0.5, 0.6) is 5.75 Å². The first kappa shape index (κ1) is 28.2. The normalized spacial score (nSPS) is 19.6. The number of hydrogen-bond donors (Lipinski definition) is 1. The Kier molecular flexibility index (Phi) is 9.07. The van der Waals surface area contributed by atoms with E-state index >= 15 is 0 Å². The molecule has 1 aromatic heterocycles. The average molecular weight is 561 g/mol. The van der Waals surface area contributed by atoms with E-state index in [1.54, 1.807) is 18.4 Å². The van der Waals surface area contributed by atoms with Crippen molar-refractivity contribution in [2.24, 2.45) is 5.92 Å². The third kappa shape index (κ3) is 6.03. The van der Waals surface area contributed by atoms with Crippen molar-refractivity contribution in [3.8, 4) is 5.75 Å². The molecule has 5 rings (SSSR count). The van der Waals surface area contributed by atoms with Gasteiger partial charge in [0.2, 0.25) is 5.91 Å². The van der Waals surface area contributed by atoms with E-state index < -0.39 is 5.92 Å². The van der Waals surface area contributed by atoms with Crippen LogP contribution in [0.2, 0.25) is 0 Å².